The number of rotatable bonds is 3. The van der Waals surface area contributed by atoms with Gasteiger partial charge in [0.1, 0.15) is 22.8 Å². The van der Waals surface area contributed by atoms with Crippen LogP contribution < -0.4 is 4.74 Å². The first-order valence-corrected chi connectivity index (χ1v) is 7.02. The number of nitrogens with zero attached hydrogens (tertiary/aromatic N) is 4. The van der Waals surface area contributed by atoms with Crippen LogP contribution in [0.15, 0.2) is 24.7 Å². The summed E-state index contributed by atoms with van der Waals surface area (Å²) in [6.45, 7) is 2.08. The van der Waals surface area contributed by atoms with Gasteiger partial charge >= 0.3 is 0 Å². The molecule has 1 aliphatic carbocycles. The average molecular weight is 302 g/mol. The predicted molar refractivity (Wildman–Crippen MR) is 78.2 cm³/mol. The number of nitrogens with one attached hydrogen (secondary N) is 1. The molecule has 3 aromatic heterocycles. The van der Waals surface area contributed by atoms with Crippen LogP contribution in [-0.2, 0) is 0 Å². The van der Waals surface area contributed by atoms with E-state index in [1.807, 2.05) is 6.07 Å². The van der Waals surface area contributed by atoms with Gasteiger partial charge in [-0.25, -0.2) is 15.0 Å². The molecule has 3 aromatic rings. The van der Waals surface area contributed by atoms with Gasteiger partial charge in [-0.15, -0.1) is 0 Å². The van der Waals surface area contributed by atoms with Crippen LogP contribution in [0.3, 0.4) is 0 Å². The van der Waals surface area contributed by atoms with Crippen LogP contribution in [0.2, 0.25) is 5.15 Å². The highest BCUT2D eigenvalue weighted by atomic mass is 35.5. The molecule has 7 heteroatoms. The second-order valence-electron chi connectivity index (χ2n) is 5.42. The molecule has 0 unspecified atom stereocenters. The van der Waals surface area contributed by atoms with Gasteiger partial charge in [-0.1, -0.05) is 11.6 Å². The quantitative estimate of drug-likeness (QED) is 0.753. The van der Waals surface area contributed by atoms with E-state index in [0.29, 0.717) is 22.4 Å². The Morgan fingerprint density at radius 3 is 2.86 bits per heavy atom. The Hall–Kier alpha value is -2.21. The molecule has 1 aliphatic rings. The Bertz CT molecular complexity index is 827. The molecule has 0 bridgehead atoms. The van der Waals surface area contributed by atoms with Gasteiger partial charge in [0.25, 0.3) is 0 Å². The Balaban J connectivity index is 1.80. The first-order chi connectivity index (χ1) is 10.1. The monoisotopic (exact) mass is 301 g/mol. The summed E-state index contributed by atoms with van der Waals surface area (Å²) in [5, 5.41) is 8.51. The normalized spacial score (nSPS) is 16.1. The number of hydrogen-bond donors (Lipinski definition) is 1. The molecule has 0 aliphatic heterocycles. The number of aromatic nitrogens is 5. The number of H-pyrrole nitrogens is 1. The number of aromatic amines is 1. The molecular formula is C14H12ClN5O. The standard InChI is InChI=1S/C14H12ClN5O/c1-14(2-3-14)21-12-4-8-10(6-16-12)19-20-13(8)9-5-11(15)18-7-17-9/h4-7H,2-3H2,1H3,(H,19,20). The third-order valence-corrected chi connectivity index (χ3v) is 3.81. The van der Waals surface area contributed by atoms with Crippen molar-refractivity contribution < 1.29 is 4.74 Å². The van der Waals surface area contributed by atoms with Crippen LogP contribution in [0.5, 0.6) is 5.88 Å². The SMILES string of the molecule is CC1(Oc2cc3c(-c4cc(Cl)ncn4)n[nH]c3cn2)CC1. The highest BCUT2D eigenvalue weighted by Crippen LogP contribution is 2.39. The van der Waals surface area contributed by atoms with E-state index in [9.17, 15) is 0 Å². The summed E-state index contributed by atoms with van der Waals surface area (Å²) in [5.74, 6) is 0.602. The number of pyridine rings is 1. The van der Waals surface area contributed by atoms with Crippen molar-refractivity contribution >= 4 is 22.5 Å². The van der Waals surface area contributed by atoms with E-state index in [-0.39, 0.29) is 5.60 Å². The lowest BCUT2D eigenvalue weighted by atomic mass is 10.2. The zero-order valence-electron chi connectivity index (χ0n) is 11.3. The molecule has 106 valence electrons. The zero-order valence-corrected chi connectivity index (χ0v) is 12.1. The molecule has 3 heterocycles. The number of fused-ring (bicyclic) bond motifs is 1. The van der Waals surface area contributed by atoms with Crippen LogP contribution in [-0.4, -0.2) is 30.8 Å². The van der Waals surface area contributed by atoms with Crippen molar-refractivity contribution in [2.75, 3.05) is 0 Å². The Labute approximate surface area is 125 Å². The molecule has 0 atom stereocenters. The zero-order chi connectivity index (χ0) is 14.4. The first-order valence-electron chi connectivity index (χ1n) is 6.64. The topological polar surface area (TPSA) is 76.6 Å². The van der Waals surface area contributed by atoms with Crippen LogP contribution in [0.1, 0.15) is 19.8 Å². The number of hydrogen-bond acceptors (Lipinski definition) is 5. The van der Waals surface area contributed by atoms with Crippen molar-refractivity contribution in [2.24, 2.45) is 0 Å². The maximum absolute atomic E-state index is 5.91. The van der Waals surface area contributed by atoms with E-state index < -0.39 is 0 Å². The van der Waals surface area contributed by atoms with Crippen molar-refractivity contribution in [1.82, 2.24) is 25.1 Å². The third-order valence-electron chi connectivity index (χ3n) is 3.60. The van der Waals surface area contributed by atoms with Gasteiger partial charge in [-0.2, -0.15) is 5.10 Å². The molecule has 4 rings (SSSR count). The van der Waals surface area contributed by atoms with Gasteiger partial charge in [0.05, 0.1) is 17.4 Å². The highest BCUT2D eigenvalue weighted by Gasteiger charge is 2.40. The van der Waals surface area contributed by atoms with E-state index in [4.69, 9.17) is 16.3 Å². The van der Waals surface area contributed by atoms with Gasteiger partial charge in [0.15, 0.2) is 0 Å². The molecule has 0 spiro atoms. The Morgan fingerprint density at radius 1 is 1.24 bits per heavy atom. The lowest BCUT2D eigenvalue weighted by Gasteiger charge is -2.11. The van der Waals surface area contributed by atoms with E-state index in [0.717, 1.165) is 23.7 Å². The summed E-state index contributed by atoms with van der Waals surface area (Å²) in [7, 11) is 0. The fourth-order valence-corrected chi connectivity index (χ4v) is 2.29. The predicted octanol–water partition coefficient (Wildman–Crippen LogP) is 3.00. The fraction of sp³-hybridized carbons (Fsp3) is 0.286. The molecule has 1 fully saturated rings. The summed E-state index contributed by atoms with van der Waals surface area (Å²) >= 11 is 5.91. The van der Waals surface area contributed by atoms with Crippen molar-refractivity contribution in [3.05, 3.63) is 29.8 Å². The highest BCUT2D eigenvalue weighted by molar-refractivity contribution is 6.29. The minimum atomic E-state index is -0.0667. The summed E-state index contributed by atoms with van der Waals surface area (Å²) in [4.78, 5) is 12.4. The third kappa shape index (κ3) is 2.31. The molecular weight excluding hydrogens is 290 g/mol. The van der Waals surface area contributed by atoms with Gasteiger partial charge in [0.2, 0.25) is 5.88 Å². The van der Waals surface area contributed by atoms with E-state index in [1.165, 1.54) is 6.33 Å². The molecule has 1 N–H and O–H groups in total. The lowest BCUT2D eigenvalue weighted by Crippen LogP contribution is -2.12. The minimum absolute atomic E-state index is 0.0667. The summed E-state index contributed by atoms with van der Waals surface area (Å²) < 4.78 is 5.89. The molecule has 21 heavy (non-hydrogen) atoms. The number of ether oxygens (including phenoxy) is 1. The smallest absolute Gasteiger partial charge is 0.214 e. The van der Waals surface area contributed by atoms with E-state index >= 15 is 0 Å². The van der Waals surface area contributed by atoms with E-state index in [2.05, 4.69) is 32.1 Å². The van der Waals surface area contributed by atoms with Crippen molar-refractivity contribution in [2.45, 2.75) is 25.4 Å². The maximum atomic E-state index is 5.91. The maximum Gasteiger partial charge on any atom is 0.214 e. The molecule has 0 aromatic carbocycles. The van der Waals surface area contributed by atoms with Crippen LogP contribution in [0, 0.1) is 0 Å². The van der Waals surface area contributed by atoms with Crippen LogP contribution in [0.25, 0.3) is 22.3 Å². The van der Waals surface area contributed by atoms with Gasteiger partial charge in [-0.05, 0) is 19.8 Å². The molecule has 1 saturated carbocycles. The molecule has 6 nitrogen and oxygen atoms in total. The largest absolute Gasteiger partial charge is 0.471 e. The molecule has 0 radical (unpaired) electrons. The van der Waals surface area contributed by atoms with Gasteiger partial charge in [-0.3, -0.25) is 5.10 Å². The van der Waals surface area contributed by atoms with Crippen LogP contribution >= 0.6 is 11.6 Å². The first kappa shape index (κ1) is 12.5. The second-order valence-corrected chi connectivity index (χ2v) is 5.81. The molecule has 0 amide bonds. The van der Waals surface area contributed by atoms with Gasteiger partial charge < -0.3 is 4.74 Å². The molecule has 0 saturated heterocycles. The summed E-state index contributed by atoms with van der Waals surface area (Å²) in [6, 6.07) is 3.56. The minimum Gasteiger partial charge on any atom is -0.471 e. The average Bonchev–Trinajstić information content (AvgIpc) is 3.04. The van der Waals surface area contributed by atoms with Gasteiger partial charge in [0, 0.05) is 17.5 Å². The summed E-state index contributed by atoms with van der Waals surface area (Å²) in [6.07, 6.45) is 5.26. The lowest BCUT2D eigenvalue weighted by molar-refractivity contribution is 0.192. The second kappa shape index (κ2) is 4.39. The Kier molecular flexibility index (Phi) is 2.62. The summed E-state index contributed by atoms with van der Waals surface area (Å²) in [5.41, 5.74) is 2.13. The van der Waals surface area contributed by atoms with Crippen molar-refractivity contribution in [3.8, 4) is 17.3 Å². The Morgan fingerprint density at radius 2 is 2.10 bits per heavy atom. The fourth-order valence-electron chi connectivity index (χ4n) is 2.14. The van der Waals surface area contributed by atoms with Crippen molar-refractivity contribution in [3.63, 3.8) is 0 Å². The van der Waals surface area contributed by atoms with E-state index in [1.54, 1.807) is 12.3 Å². The van der Waals surface area contributed by atoms with Crippen LogP contribution in [0.4, 0.5) is 0 Å². The van der Waals surface area contributed by atoms with Crippen molar-refractivity contribution in [1.29, 1.82) is 0 Å². The number of halogens is 1.